The largest absolute Gasteiger partial charge is 0.497 e. The van der Waals surface area contributed by atoms with Gasteiger partial charge in [-0.15, -0.1) is 43.0 Å². The molecule has 5 heterocycles. The van der Waals surface area contributed by atoms with Crippen LogP contribution in [0, 0.1) is 17.6 Å². The van der Waals surface area contributed by atoms with Crippen molar-refractivity contribution in [2.24, 2.45) is 17.4 Å². The van der Waals surface area contributed by atoms with E-state index in [1.807, 2.05) is 72.8 Å². The monoisotopic (exact) mass is 1240 g/mol. The van der Waals surface area contributed by atoms with Gasteiger partial charge in [0.1, 0.15) is 18.1 Å². The number of methoxy groups -OCH3 is 1. The number of aromatic nitrogens is 10. The zero-order valence-corrected chi connectivity index (χ0v) is 48.3. The van der Waals surface area contributed by atoms with Crippen molar-refractivity contribution < 1.29 is 57.9 Å². The van der Waals surface area contributed by atoms with Gasteiger partial charge in [-0.1, -0.05) is 79.7 Å². The zero-order chi connectivity index (χ0) is 62.6. The summed E-state index contributed by atoms with van der Waals surface area (Å²) in [5.41, 5.74) is 17.9. The Hall–Kier alpha value is -9.28. The van der Waals surface area contributed by atoms with Gasteiger partial charge in [0.2, 0.25) is 36.9 Å². The van der Waals surface area contributed by atoms with Gasteiger partial charge in [0.05, 0.1) is 37.8 Å². The van der Waals surface area contributed by atoms with Crippen molar-refractivity contribution in [3.63, 3.8) is 0 Å². The Morgan fingerprint density at radius 1 is 0.568 bits per heavy atom. The van der Waals surface area contributed by atoms with Crippen molar-refractivity contribution in [3.8, 4) is 62.9 Å². The van der Waals surface area contributed by atoms with Crippen LogP contribution in [0.3, 0.4) is 0 Å². The number of aldehydes is 1. The van der Waals surface area contributed by atoms with E-state index in [2.05, 4.69) is 80.2 Å². The molecule has 19 nitrogen and oxygen atoms in total. The summed E-state index contributed by atoms with van der Waals surface area (Å²) in [4.78, 5) is 26.1. The quantitative estimate of drug-likeness (QED) is 0.0433. The molecule has 10 aromatic rings. The van der Waals surface area contributed by atoms with E-state index >= 15 is 0 Å². The average molecular weight is 1250 g/mol. The summed E-state index contributed by atoms with van der Waals surface area (Å²) in [5.74, 6) is 0.938. The Labute approximate surface area is 506 Å². The van der Waals surface area contributed by atoms with E-state index in [0.29, 0.717) is 53.8 Å². The van der Waals surface area contributed by atoms with E-state index in [0.717, 1.165) is 89.9 Å². The number of nitrogens with zero attached hydrogens (tertiary/aromatic N) is 10. The number of benzene rings is 5. The van der Waals surface area contributed by atoms with Crippen molar-refractivity contribution in [3.05, 3.63) is 199 Å². The Bertz CT molecular complexity index is 3490. The minimum atomic E-state index is -4.32. The van der Waals surface area contributed by atoms with E-state index in [1.165, 1.54) is 37.1 Å². The molecule has 88 heavy (non-hydrogen) atoms. The lowest BCUT2D eigenvalue weighted by atomic mass is 10.0. The van der Waals surface area contributed by atoms with Gasteiger partial charge >= 0.3 is 12.4 Å². The summed E-state index contributed by atoms with van der Waals surface area (Å²) < 4.78 is 117. The fourth-order valence-corrected chi connectivity index (χ4v) is 7.24. The maximum Gasteiger partial charge on any atom is 0.403 e. The highest BCUT2D eigenvalue weighted by Crippen LogP contribution is 2.26. The van der Waals surface area contributed by atoms with Gasteiger partial charge in [0, 0.05) is 65.6 Å². The molecular formula is C60H61ClF8N14O5. The first-order valence-corrected chi connectivity index (χ1v) is 26.6. The third kappa shape index (κ3) is 23.5. The number of alkyl halides is 6. The van der Waals surface area contributed by atoms with Gasteiger partial charge in [-0.25, -0.2) is 28.7 Å². The number of nitrogens with two attached hydrogens (primary N) is 2. The van der Waals surface area contributed by atoms with Crippen LogP contribution in [0.1, 0.15) is 53.7 Å². The second-order valence-electron chi connectivity index (χ2n) is 18.9. The lowest BCUT2D eigenvalue weighted by molar-refractivity contribution is -0.166. The maximum atomic E-state index is 13.0. The first-order chi connectivity index (χ1) is 41.8. The van der Waals surface area contributed by atoms with Crippen molar-refractivity contribution in [2.45, 2.75) is 70.6 Å². The second-order valence-corrected chi connectivity index (χ2v) is 18.9. The normalized spacial score (nSPS) is 11.9. The van der Waals surface area contributed by atoms with Gasteiger partial charge < -0.3 is 40.1 Å². The molecule has 5 aromatic heterocycles. The molecule has 3 atom stereocenters. The molecule has 0 amide bonds. The SMILES string of the molecule is COc1ccc(-c2nnco2)cc1.C[C@@H](CNCc1ccc(-c2nnco2)cc1)NCc1ccc(-c2ncc(F)cn2)cc1.C[C@H](CN)C(F)(F)F.Cl.N[C@H](CCCc1ccc(-c2nnco2)cc1)C(F)(F)F.O=Cc1ccc(-c2ncc(F)cn2)cc1. The molecule has 0 saturated carbocycles. The van der Waals surface area contributed by atoms with E-state index in [1.54, 1.807) is 43.5 Å². The van der Waals surface area contributed by atoms with Gasteiger partial charge in [0.25, 0.3) is 0 Å². The van der Waals surface area contributed by atoms with Gasteiger partial charge in [-0.3, -0.25) is 4.79 Å². The molecule has 0 radical (unpaired) electrons. The number of halogens is 9. The van der Waals surface area contributed by atoms with E-state index < -0.39 is 35.9 Å². The summed E-state index contributed by atoms with van der Waals surface area (Å²) in [6, 6.07) is 36.0. The topological polar surface area (TPSA) is 271 Å². The molecule has 0 spiro atoms. The molecule has 0 unspecified atom stereocenters. The summed E-state index contributed by atoms with van der Waals surface area (Å²) in [5, 5.41) is 29.3. The Kier molecular flexibility index (Phi) is 27.9. The van der Waals surface area contributed by atoms with Crippen LogP contribution in [0.25, 0.3) is 57.1 Å². The van der Waals surface area contributed by atoms with Gasteiger partial charge in [0.15, 0.2) is 23.3 Å². The lowest BCUT2D eigenvalue weighted by Crippen LogP contribution is -2.37. The highest BCUT2D eigenvalue weighted by Gasteiger charge is 2.36. The summed E-state index contributed by atoms with van der Waals surface area (Å²) in [6.07, 6.45) is 1.62. The standard InChI is InChI=1S/C23H23FN6O.C13H14F3N3O.C11H7FN2O.C9H8N2O2.C4H8F3N.ClH/c1-16(10-25-11-17-4-8-20(9-5-17)23-30-29-15-31-23)26-12-18-2-6-19(7-3-18)22-27-13-21(24)14-28-22;14-13(15,16)11(17)3-1-2-9-4-6-10(7-5-9)12-19-18-8-20-12;12-10-5-13-11(14-6-10)9-3-1-8(7-15)2-4-9;1-12-8-4-2-7(3-5-8)9-11-10-6-13-9;1-3(2-8)4(5,6)7;/h2-9,13-16,25-26H,10-12H2,1H3;4-8,11H,1-3,17H2;1-7H;2-6H,1H3;3H,2,8H2,1H3;1H/t16-;11-;;;3-;/m01..1./s1. The zero-order valence-electron chi connectivity index (χ0n) is 47.4. The molecule has 0 saturated heterocycles. The maximum absolute atomic E-state index is 13.0. The van der Waals surface area contributed by atoms with E-state index in [4.69, 9.17) is 29.5 Å². The third-order valence-electron chi connectivity index (χ3n) is 12.3. The van der Waals surface area contributed by atoms with E-state index in [-0.39, 0.29) is 25.4 Å². The number of rotatable bonds is 19. The van der Waals surface area contributed by atoms with Gasteiger partial charge in [-0.05, 0) is 91.4 Å². The van der Waals surface area contributed by atoms with Crippen molar-refractivity contribution in [1.29, 1.82) is 0 Å². The first-order valence-electron chi connectivity index (χ1n) is 26.6. The van der Waals surface area contributed by atoms with Crippen LogP contribution in [0.4, 0.5) is 35.1 Å². The number of carbonyl (C=O) groups excluding carboxylic acids is 1. The van der Waals surface area contributed by atoms with Crippen LogP contribution in [0.5, 0.6) is 5.75 Å². The third-order valence-corrected chi connectivity index (χ3v) is 12.3. The highest BCUT2D eigenvalue weighted by atomic mass is 35.5. The molecule has 10 rings (SSSR count). The molecule has 6 N–H and O–H groups in total. The summed E-state index contributed by atoms with van der Waals surface area (Å²) in [7, 11) is 1.63. The molecule has 0 aliphatic carbocycles. The number of hydrogen-bond acceptors (Lipinski definition) is 19. The van der Waals surface area contributed by atoms with Crippen LogP contribution in [-0.4, -0.2) is 101 Å². The second kappa shape index (κ2) is 35.4. The predicted octanol–water partition coefficient (Wildman–Crippen LogP) is 12.0. The smallest absolute Gasteiger partial charge is 0.403 e. The number of carbonyl (C=O) groups is 1. The van der Waals surface area contributed by atoms with Crippen molar-refractivity contribution in [2.75, 3.05) is 20.2 Å². The highest BCUT2D eigenvalue weighted by molar-refractivity contribution is 5.85. The van der Waals surface area contributed by atoms with Crippen LogP contribution < -0.4 is 26.8 Å². The van der Waals surface area contributed by atoms with Crippen molar-refractivity contribution in [1.82, 2.24) is 61.2 Å². The van der Waals surface area contributed by atoms with Crippen LogP contribution in [0.15, 0.2) is 179 Å². The summed E-state index contributed by atoms with van der Waals surface area (Å²) >= 11 is 0. The fraction of sp³-hybridized carbons (Fsp3) is 0.250. The Morgan fingerprint density at radius 2 is 0.966 bits per heavy atom. The fourth-order valence-electron chi connectivity index (χ4n) is 7.24. The summed E-state index contributed by atoms with van der Waals surface area (Å²) in [6.45, 7) is 5.25. The van der Waals surface area contributed by atoms with Crippen LogP contribution >= 0.6 is 12.4 Å². The molecule has 28 heteroatoms. The van der Waals surface area contributed by atoms with Gasteiger partial charge in [-0.2, -0.15) is 26.3 Å². The van der Waals surface area contributed by atoms with Crippen molar-refractivity contribution >= 4 is 18.7 Å². The first kappa shape index (κ1) is 69.5. The number of nitrogens with one attached hydrogen (secondary N) is 2. The lowest BCUT2D eigenvalue weighted by Gasteiger charge is -2.15. The van der Waals surface area contributed by atoms with Crippen LogP contribution in [0.2, 0.25) is 0 Å². The molecule has 5 aromatic carbocycles. The minimum Gasteiger partial charge on any atom is -0.497 e. The molecule has 0 aliphatic rings. The molecule has 0 fully saturated rings. The predicted molar refractivity (Wildman–Crippen MR) is 312 cm³/mol. The van der Waals surface area contributed by atoms with E-state index in [9.17, 15) is 39.9 Å². The average Bonchev–Trinajstić information content (AvgIpc) is 4.33. The minimum absolute atomic E-state index is 0. The number of ether oxygens (including phenoxy) is 1. The molecule has 0 aliphatic heterocycles. The molecule has 464 valence electrons. The Balaban J connectivity index is 0.000000214. The molecular weight excluding hydrogens is 1180 g/mol. The molecule has 0 bridgehead atoms. The Morgan fingerprint density at radius 3 is 1.33 bits per heavy atom. The van der Waals surface area contributed by atoms with Crippen LogP contribution in [-0.2, 0) is 19.5 Å². The number of hydrogen-bond donors (Lipinski definition) is 4. The number of aryl methyl sites for hydroxylation is 1.